The summed E-state index contributed by atoms with van der Waals surface area (Å²) >= 11 is 0. The van der Waals surface area contributed by atoms with Gasteiger partial charge in [-0.05, 0) is 49.1 Å². The number of anilines is 2. The van der Waals surface area contributed by atoms with Crippen molar-refractivity contribution in [2.24, 2.45) is 7.05 Å². The van der Waals surface area contributed by atoms with E-state index in [1.165, 1.54) is 0 Å². The monoisotopic (exact) mass is 544 g/mol. The summed E-state index contributed by atoms with van der Waals surface area (Å²) in [7, 11) is 1.85. The Labute approximate surface area is 233 Å². The zero-order chi connectivity index (χ0) is 28.4. The summed E-state index contributed by atoms with van der Waals surface area (Å²) in [6.07, 6.45) is 5.89. The van der Waals surface area contributed by atoms with Gasteiger partial charge in [0.05, 0.1) is 23.7 Å². The van der Waals surface area contributed by atoms with Gasteiger partial charge in [-0.25, -0.2) is 9.97 Å². The first kappa shape index (κ1) is 27.6. The average molecular weight is 545 g/mol. The number of ketones is 1. The molecule has 1 aliphatic heterocycles. The van der Waals surface area contributed by atoms with Gasteiger partial charge in [0, 0.05) is 49.9 Å². The van der Waals surface area contributed by atoms with Crippen LogP contribution >= 0.6 is 0 Å². The van der Waals surface area contributed by atoms with E-state index < -0.39 is 6.10 Å². The van der Waals surface area contributed by atoms with E-state index in [2.05, 4.69) is 42.6 Å². The van der Waals surface area contributed by atoms with Crippen LogP contribution < -0.4 is 5.32 Å². The number of nitrogens with zero attached hydrogens (tertiary/aromatic N) is 7. The lowest BCUT2D eigenvalue weighted by atomic mass is 9.87. The van der Waals surface area contributed by atoms with Crippen LogP contribution in [-0.2, 0) is 19.0 Å². The molecule has 11 nitrogen and oxygen atoms in total. The SMILES string of the molecule is C[C@@H](O)CN1CC[C@@H](CC(=O)c2nnc(C(C)(C)C)o2)c2ccc(-c3ccnc(Nc4cnn(C)c4)n3)cc2C1. The number of β-amino-alcohol motifs (C(OH)–C–C–N with tert-alkyl or cyclic N) is 1. The van der Waals surface area contributed by atoms with Crippen molar-refractivity contribution in [3.8, 4) is 11.3 Å². The van der Waals surface area contributed by atoms with Crippen LogP contribution in [0.4, 0.5) is 11.6 Å². The first-order valence-electron chi connectivity index (χ1n) is 13.5. The van der Waals surface area contributed by atoms with E-state index in [1.807, 2.05) is 46.1 Å². The second kappa shape index (κ2) is 11.3. The molecule has 0 saturated heterocycles. The van der Waals surface area contributed by atoms with Crippen molar-refractivity contribution in [1.29, 1.82) is 0 Å². The molecule has 4 heterocycles. The third-order valence-electron chi connectivity index (χ3n) is 6.94. The van der Waals surface area contributed by atoms with Crippen LogP contribution in [-0.4, -0.2) is 64.9 Å². The molecular formula is C29H36N8O3. The summed E-state index contributed by atoms with van der Waals surface area (Å²) in [5.41, 5.74) is 4.43. The van der Waals surface area contributed by atoms with Crippen molar-refractivity contribution in [3.63, 3.8) is 0 Å². The van der Waals surface area contributed by atoms with Crippen LogP contribution in [0.5, 0.6) is 0 Å². The molecule has 4 aromatic rings. The van der Waals surface area contributed by atoms with Crippen molar-refractivity contribution in [2.45, 2.75) is 64.5 Å². The van der Waals surface area contributed by atoms with Gasteiger partial charge in [0.1, 0.15) is 0 Å². The number of carbonyl (C=O) groups is 1. The molecule has 0 aliphatic carbocycles. The zero-order valence-corrected chi connectivity index (χ0v) is 23.6. The van der Waals surface area contributed by atoms with Gasteiger partial charge in [-0.3, -0.25) is 14.4 Å². The molecule has 0 spiro atoms. The highest BCUT2D eigenvalue weighted by Gasteiger charge is 2.29. The molecule has 5 rings (SSSR count). The van der Waals surface area contributed by atoms with Crippen LogP contribution in [0.15, 0.2) is 47.3 Å². The van der Waals surface area contributed by atoms with Crippen molar-refractivity contribution in [2.75, 3.05) is 18.4 Å². The maximum atomic E-state index is 13.2. The lowest BCUT2D eigenvalue weighted by Crippen LogP contribution is -2.30. The Balaban J connectivity index is 1.42. The molecule has 0 amide bonds. The van der Waals surface area contributed by atoms with Gasteiger partial charge in [0.15, 0.2) is 0 Å². The number of nitrogens with one attached hydrogen (secondary N) is 1. The molecule has 1 aliphatic rings. The Bertz CT molecular complexity index is 1490. The molecule has 1 aromatic carbocycles. The van der Waals surface area contributed by atoms with Crippen LogP contribution in [0.25, 0.3) is 11.3 Å². The van der Waals surface area contributed by atoms with Crippen molar-refractivity contribution in [3.05, 3.63) is 65.8 Å². The van der Waals surface area contributed by atoms with Crippen LogP contribution in [0.3, 0.4) is 0 Å². The number of aliphatic hydroxyl groups excluding tert-OH is 1. The molecule has 0 radical (unpaired) electrons. The fourth-order valence-electron chi connectivity index (χ4n) is 5.00. The standard InChI is InChI=1S/C29H36N8O3/c1-18(38)15-37-11-9-19(13-25(39)26-34-35-27(40-26)29(2,3)4)23-7-6-20(12-21(23)16-37)24-8-10-30-28(33-24)32-22-14-31-36(5)17-22/h6-8,10,12,14,17-19,38H,9,11,13,15-16H2,1-5H3,(H,30,32,33)/t18-,19+/m1/s1. The van der Waals surface area contributed by atoms with Crippen molar-refractivity contribution >= 4 is 17.4 Å². The van der Waals surface area contributed by atoms with E-state index in [1.54, 1.807) is 24.0 Å². The maximum Gasteiger partial charge on any atom is 0.284 e. The second-order valence-corrected chi connectivity index (χ2v) is 11.6. The molecule has 40 heavy (non-hydrogen) atoms. The third kappa shape index (κ3) is 6.43. The van der Waals surface area contributed by atoms with Gasteiger partial charge in [-0.15, -0.1) is 10.2 Å². The van der Waals surface area contributed by atoms with E-state index >= 15 is 0 Å². The number of Topliss-reactive ketones (excluding diaryl/α,β-unsaturated/α-hetero) is 1. The Kier molecular flexibility index (Phi) is 7.77. The number of hydrogen-bond acceptors (Lipinski definition) is 10. The molecule has 0 fully saturated rings. The summed E-state index contributed by atoms with van der Waals surface area (Å²) < 4.78 is 7.44. The van der Waals surface area contributed by atoms with E-state index in [0.29, 0.717) is 24.9 Å². The molecule has 3 aromatic heterocycles. The Morgan fingerprint density at radius 1 is 1.25 bits per heavy atom. The van der Waals surface area contributed by atoms with E-state index in [4.69, 9.17) is 9.40 Å². The van der Waals surface area contributed by atoms with Gasteiger partial charge < -0.3 is 14.8 Å². The zero-order valence-electron chi connectivity index (χ0n) is 23.6. The third-order valence-corrected chi connectivity index (χ3v) is 6.94. The number of aliphatic hydroxyl groups is 1. The minimum atomic E-state index is -0.456. The number of rotatable bonds is 8. The van der Waals surface area contributed by atoms with E-state index in [-0.39, 0.29) is 29.4 Å². The van der Waals surface area contributed by atoms with E-state index in [9.17, 15) is 9.90 Å². The first-order valence-corrected chi connectivity index (χ1v) is 13.5. The molecule has 2 atom stereocenters. The minimum Gasteiger partial charge on any atom is -0.418 e. The lowest BCUT2D eigenvalue weighted by molar-refractivity contribution is 0.0929. The number of aromatic nitrogens is 6. The van der Waals surface area contributed by atoms with Gasteiger partial charge in [-0.1, -0.05) is 32.9 Å². The summed E-state index contributed by atoms with van der Waals surface area (Å²) in [6.45, 7) is 9.69. The fourth-order valence-corrected chi connectivity index (χ4v) is 5.00. The van der Waals surface area contributed by atoms with Crippen molar-refractivity contribution in [1.82, 2.24) is 34.8 Å². The van der Waals surface area contributed by atoms with Gasteiger partial charge in [-0.2, -0.15) is 5.10 Å². The van der Waals surface area contributed by atoms with E-state index in [0.717, 1.165) is 41.0 Å². The molecule has 0 saturated carbocycles. The number of benzene rings is 1. The van der Waals surface area contributed by atoms with Gasteiger partial charge in [0.2, 0.25) is 17.6 Å². The summed E-state index contributed by atoms with van der Waals surface area (Å²) in [6, 6.07) is 8.15. The summed E-state index contributed by atoms with van der Waals surface area (Å²) in [5.74, 6) is 0.811. The van der Waals surface area contributed by atoms with Crippen molar-refractivity contribution < 1.29 is 14.3 Å². The molecule has 11 heteroatoms. The normalized spacial score (nSPS) is 16.8. The summed E-state index contributed by atoms with van der Waals surface area (Å²) in [4.78, 5) is 24.5. The predicted molar refractivity (Wildman–Crippen MR) is 150 cm³/mol. The second-order valence-electron chi connectivity index (χ2n) is 11.6. The first-order chi connectivity index (χ1) is 19.0. The van der Waals surface area contributed by atoms with Gasteiger partial charge >= 0.3 is 0 Å². The molecule has 210 valence electrons. The Morgan fingerprint density at radius 2 is 2.08 bits per heavy atom. The van der Waals surface area contributed by atoms with Crippen LogP contribution in [0.1, 0.15) is 74.2 Å². The van der Waals surface area contributed by atoms with Crippen LogP contribution in [0, 0.1) is 0 Å². The Hall–Kier alpha value is -3.96. The highest BCUT2D eigenvalue weighted by Crippen LogP contribution is 2.35. The molecule has 2 N–H and O–H groups in total. The van der Waals surface area contributed by atoms with Crippen LogP contribution in [0.2, 0.25) is 0 Å². The fraction of sp³-hybridized carbons (Fsp3) is 0.448. The maximum absolute atomic E-state index is 13.2. The largest absolute Gasteiger partial charge is 0.418 e. The molecule has 0 bridgehead atoms. The quantitative estimate of drug-likeness (QED) is 0.310. The highest BCUT2D eigenvalue weighted by molar-refractivity contribution is 5.92. The lowest BCUT2D eigenvalue weighted by Gasteiger charge is -2.22. The Morgan fingerprint density at radius 3 is 2.77 bits per heavy atom. The predicted octanol–water partition coefficient (Wildman–Crippen LogP) is 4.24. The van der Waals surface area contributed by atoms with Gasteiger partial charge in [0.25, 0.3) is 5.89 Å². The highest BCUT2D eigenvalue weighted by atomic mass is 16.4. The minimum absolute atomic E-state index is 0.0197. The topological polar surface area (TPSA) is 135 Å². The molecule has 0 unspecified atom stereocenters. The number of hydrogen-bond donors (Lipinski definition) is 2. The number of fused-ring (bicyclic) bond motifs is 1. The number of carbonyl (C=O) groups excluding carboxylic acids is 1. The smallest absolute Gasteiger partial charge is 0.284 e. The number of aryl methyl sites for hydroxylation is 1. The molecular weight excluding hydrogens is 508 g/mol. The average Bonchev–Trinajstić information content (AvgIpc) is 3.52. The summed E-state index contributed by atoms with van der Waals surface area (Å²) in [5, 5.41) is 25.6.